The molecule has 26 heavy (non-hydrogen) atoms. The van der Waals surface area contributed by atoms with Crippen LogP contribution in [-0.4, -0.2) is 10.4 Å². The minimum atomic E-state index is 0.198. The summed E-state index contributed by atoms with van der Waals surface area (Å²) in [4.78, 5) is 12.6. The van der Waals surface area contributed by atoms with E-state index in [1.165, 1.54) is 0 Å². The maximum Gasteiger partial charge on any atom is 0.164 e. The number of fused-ring (bicyclic) bond motifs is 1. The van der Waals surface area contributed by atoms with Gasteiger partial charge in [0.25, 0.3) is 0 Å². The Kier molecular flexibility index (Phi) is 4.72. The fraction of sp³-hybridized carbons (Fsp3) is 0.190. The van der Waals surface area contributed by atoms with E-state index in [9.17, 15) is 4.79 Å². The van der Waals surface area contributed by atoms with Crippen LogP contribution in [0.15, 0.2) is 53.0 Å². The molecule has 2 nitrogen and oxygen atoms in total. The summed E-state index contributed by atoms with van der Waals surface area (Å²) in [5.41, 5.74) is 4.73. The van der Waals surface area contributed by atoms with Crippen molar-refractivity contribution in [3.05, 3.63) is 74.3 Å². The van der Waals surface area contributed by atoms with E-state index < -0.39 is 0 Å². The zero-order valence-electron chi connectivity index (χ0n) is 14.1. The minimum Gasteiger partial charge on any atom is -0.313 e. The van der Waals surface area contributed by atoms with Gasteiger partial charge in [0.15, 0.2) is 5.78 Å². The van der Waals surface area contributed by atoms with Crippen molar-refractivity contribution >= 4 is 44.9 Å². The molecule has 0 unspecified atom stereocenters. The lowest BCUT2D eigenvalue weighted by atomic mass is 9.88. The number of ketones is 1. The number of aromatic nitrogens is 1. The number of carbonyl (C=O) groups excluding carboxylic acids is 1. The van der Waals surface area contributed by atoms with Gasteiger partial charge in [0.05, 0.1) is 5.69 Å². The largest absolute Gasteiger partial charge is 0.313 e. The summed E-state index contributed by atoms with van der Waals surface area (Å²) in [6.07, 6.45) is 1.44. The predicted octanol–water partition coefficient (Wildman–Crippen LogP) is 6.98. The van der Waals surface area contributed by atoms with Crippen LogP contribution in [0.5, 0.6) is 0 Å². The van der Waals surface area contributed by atoms with E-state index in [4.69, 9.17) is 23.2 Å². The van der Waals surface area contributed by atoms with Crippen LogP contribution in [0, 0.1) is 5.92 Å². The lowest BCUT2D eigenvalue weighted by Gasteiger charge is -2.21. The molecule has 1 aliphatic carbocycles. The molecule has 1 aromatic heterocycles. The number of Topliss-reactive ketones (excluding diaryl/α,β-unsaturated/α-hetero) is 1. The number of nitrogens with zero attached hydrogens (tertiary/aromatic N) is 1. The molecule has 1 atom stereocenters. The number of rotatable bonds is 2. The summed E-state index contributed by atoms with van der Waals surface area (Å²) >= 11 is 16.0. The van der Waals surface area contributed by atoms with E-state index in [1.54, 1.807) is 6.07 Å². The Morgan fingerprint density at radius 1 is 1.00 bits per heavy atom. The molecule has 0 radical (unpaired) electrons. The quantitative estimate of drug-likeness (QED) is 0.414. The van der Waals surface area contributed by atoms with Crippen LogP contribution in [0.25, 0.3) is 16.9 Å². The van der Waals surface area contributed by atoms with Crippen molar-refractivity contribution in [2.24, 2.45) is 5.92 Å². The monoisotopic (exact) mass is 447 g/mol. The van der Waals surface area contributed by atoms with Crippen molar-refractivity contribution in [3.8, 4) is 16.9 Å². The molecule has 0 N–H and O–H groups in total. The second-order valence-electron chi connectivity index (χ2n) is 6.80. The van der Waals surface area contributed by atoms with Crippen molar-refractivity contribution in [1.29, 1.82) is 0 Å². The summed E-state index contributed by atoms with van der Waals surface area (Å²) < 4.78 is 3.14. The Morgan fingerprint density at radius 2 is 1.65 bits per heavy atom. The summed E-state index contributed by atoms with van der Waals surface area (Å²) in [7, 11) is 0. The molecule has 0 amide bonds. The van der Waals surface area contributed by atoms with Crippen molar-refractivity contribution in [2.45, 2.75) is 19.8 Å². The van der Waals surface area contributed by atoms with Gasteiger partial charge in [-0.2, -0.15) is 0 Å². The average molecular weight is 449 g/mol. The molecule has 3 aromatic rings. The van der Waals surface area contributed by atoms with Crippen LogP contribution < -0.4 is 0 Å². The van der Waals surface area contributed by atoms with Crippen molar-refractivity contribution in [2.75, 3.05) is 0 Å². The smallest absolute Gasteiger partial charge is 0.164 e. The van der Waals surface area contributed by atoms with Gasteiger partial charge in [0, 0.05) is 37.9 Å². The topological polar surface area (TPSA) is 22.0 Å². The Hall–Kier alpha value is -1.55. The third kappa shape index (κ3) is 3.24. The first kappa shape index (κ1) is 17.8. The van der Waals surface area contributed by atoms with Crippen LogP contribution in [0.2, 0.25) is 10.0 Å². The first-order valence-electron chi connectivity index (χ1n) is 8.42. The zero-order valence-corrected chi connectivity index (χ0v) is 17.2. The molecule has 132 valence electrons. The number of benzene rings is 2. The highest BCUT2D eigenvalue weighted by molar-refractivity contribution is 9.10. The SMILES string of the molecule is C[C@@H]1CC(=O)c2cc(-c3ccc(Br)cc3)n(-c3cc(Cl)cc(Cl)c3)c2C1. The number of hydrogen-bond acceptors (Lipinski definition) is 1. The predicted molar refractivity (Wildman–Crippen MR) is 111 cm³/mol. The molecule has 2 aromatic carbocycles. The molecule has 1 aliphatic rings. The fourth-order valence-electron chi connectivity index (χ4n) is 3.62. The fourth-order valence-corrected chi connectivity index (χ4v) is 4.40. The Labute approximate surface area is 170 Å². The van der Waals surface area contributed by atoms with Gasteiger partial charge in [-0.3, -0.25) is 4.79 Å². The molecule has 0 fully saturated rings. The molecule has 4 rings (SSSR count). The molecule has 0 bridgehead atoms. The molecule has 0 saturated heterocycles. The number of hydrogen-bond donors (Lipinski definition) is 0. The first-order valence-corrected chi connectivity index (χ1v) is 9.97. The van der Waals surface area contributed by atoms with Gasteiger partial charge in [0.1, 0.15) is 0 Å². The van der Waals surface area contributed by atoms with E-state index in [-0.39, 0.29) is 5.78 Å². The maximum absolute atomic E-state index is 12.6. The van der Waals surface area contributed by atoms with Crippen LogP contribution in [-0.2, 0) is 6.42 Å². The van der Waals surface area contributed by atoms with Gasteiger partial charge < -0.3 is 4.57 Å². The van der Waals surface area contributed by atoms with Crippen molar-refractivity contribution in [1.82, 2.24) is 4.57 Å². The second-order valence-corrected chi connectivity index (χ2v) is 8.59. The van der Waals surface area contributed by atoms with Crippen LogP contribution in [0.3, 0.4) is 0 Å². The Balaban J connectivity index is 2.01. The highest BCUT2D eigenvalue weighted by Gasteiger charge is 2.28. The van der Waals surface area contributed by atoms with E-state index in [2.05, 4.69) is 27.4 Å². The number of halogens is 3. The van der Waals surface area contributed by atoms with Crippen LogP contribution >= 0.6 is 39.1 Å². The standard InChI is InChI=1S/C21H16BrCl2NO/c1-12-6-20-18(21(26)7-12)11-19(13-2-4-14(22)5-3-13)25(20)17-9-15(23)8-16(24)10-17/h2-5,8-12H,6-7H2,1H3/t12-/m0/s1. The van der Waals surface area contributed by atoms with E-state index in [0.717, 1.165) is 39.1 Å². The molecule has 1 heterocycles. The first-order chi connectivity index (χ1) is 12.4. The molecule has 5 heteroatoms. The summed E-state index contributed by atoms with van der Waals surface area (Å²) in [6, 6.07) is 15.6. The molecule has 0 spiro atoms. The zero-order chi connectivity index (χ0) is 18.4. The van der Waals surface area contributed by atoms with Gasteiger partial charge in [-0.15, -0.1) is 0 Å². The normalized spacial score (nSPS) is 16.6. The third-order valence-corrected chi connectivity index (χ3v) is 5.69. The summed E-state index contributed by atoms with van der Waals surface area (Å²) in [5, 5.41) is 1.15. The van der Waals surface area contributed by atoms with Crippen LogP contribution in [0.1, 0.15) is 29.4 Å². The Morgan fingerprint density at radius 3 is 2.31 bits per heavy atom. The minimum absolute atomic E-state index is 0.198. The molecular formula is C21H16BrCl2NO. The summed E-state index contributed by atoms with van der Waals surface area (Å²) in [6.45, 7) is 2.11. The van der Waals surface area contributed by atoms with E-state index in [0.29, 0.717) is 22.4 Å². The molecule has 0 saturated carbocycles. The second kappa shape index (κ2) is 6.88. The highest BCUT2D eigenvalue weighted by atomic mass is 79.9. The Bertz CT molecular complexity index is 987. The van der Waals surface area contributed by atoms with E-state index in [1.807, 2.05) is 42.5 Å². The van der Waals surface area contributed by atoms with Gasteiger partial charge in [-0.25, -0.2) is 0 Å². The molecular weight excluding hydrogens is 433 g/mol. The third-order valence-electron chi connectivity index (χ3n) is 4.72. The maximum atomic E-state index is 12.6. The lowest BCUT2D eigenvalue weighted by Crippen LogP contribution is -2.19. The summed E-state index contributed by atoms with van der Waals surface area (Å²) in [5.74, 6) is 0.514. The van der Waals surface area contributed by atoms with Crippen LogP contribution in [0.4, 0.5) is 0 Å². The van der Waals surface area contributed by atoms with Crippen molar-refractivity contribution in [3.63, 3.8) is 0 Å². The average Bonchev–Trinajstić information content (AvgIpc) is 2.94. The van der Waals surface area contributed by atoms with Gasteiger partial charge in [-0.1, -0.05) is 58.2 Å². The van der Waals surface area contributed by atoms with Gasteiger partial charge >= 0.3 is 0 Å². The highest BCUT2D eigenvalue weighted by Crippen LogP contribution is 2.37. The van der Waals surface area contributed by atoms with Crippen molar-refractivity contribution < 1.29 is 4.79 Å². The lowest BCUT2D eigenvalue weighted by molar-refractivity contribution is 0.0952. The van der Waals surface area contributed by atoms with Gasteiger partial charge in [0.2, 0.25) is 0 Å². The molecule has 0 aliphatic heterocycles. The number of carbonyl (C=O) groups is 1. The van der Waals surface area contributed by atoms with Gasteiger partial charge in [-0.05, 0) is 54.3 Å². The van der Waals surface area contributed by atoms with E-state index >= 15 is 0 Å².